The number of Topliss-reactive ketones (excluding diaryl/α,β-unsaturated/α-hetero) is 1. The van der Waals surface area contributed by atoms with Crippen LogP contribution in [-0.4, -0.2) is 74.7 Å². The van der Waals surface area contributed by atoms with E-state index in [4.69, 9.17) is 4.74 Å². The number of quaternary nitrogens is 1. The van der Waals surface area contributed by atoms with Gasteiger partial charge in [0.15, 0.2) is 18.0 Å². The lowest BCUT2D eigenvalue weighted by atomic mass is 9.97. The minimum Gasteiger partial charge on any atom is -0.459 e. The van der Waals surface area contributed by atoms with Gasteiger partial charge in [-0.05, 0) is 38.5 Å². The second-order valence-corrected chi connectivity index (χ2v) is 10.4. The molecule has 0 saturated carbocycles. The number of non-ortho nitro benzene ring substituents is 1. The maximum atomic E-state index is 13.4. The zero-order valence-electron chi connectivity index (χ0n) is 22.4. The third-order valence-electron chi connectivity index (χ3n) is 7.41. The minimum atomic E-state index is -1.43. The molecule has 0 N–H and O–H groups in total. The molecule has 2 aromatic carbocycles. The average molecular weight is 557 g/mol. The molecule has 0 spiro atoms. The molecule has 1 aliphatic rings. The number of β-lactam (4-membered cyclic amide) rings is 1. The first-order valence-electron chi connectivity index (χ1n) is 13.0. The van der Waals surface area contributed by atoms with E-state index in [1.54, 1.807) is 30.3 Å². The number of amides is 1. The van der Waals surface area contributed by atoms with Crippen LogP contribution < -0.4 is 0 Å². The Labute approximate surface area is 232 Å². The highest BCUT2D eigenvalue weighted by Gasteiger charge is 2.55. The van der Waals surface area contributed by atoms with Crippen LogP contribution in [0.1, 0.15) is 49.5 Å². The average Bonchev–Trinajstić information content (AvgIpc) is 2.95. The first kappa shape index (κ1) is 30.0. The number of likely N-dealkylation sites (tertiary alicyclic amines) is 1. The molecule has 1 heterocycles. The predicted molar refractivity (Wildman–Crippen MR) is 147 cm³/mol. The topological polar surface area (TPSA) is 124 Å². The van der Waals surface area contributed by atoms with E-state index >= 15 is 0 Å². The number of carbonyl (C=O) groups is 4. The molecule has 208 valence electrons. The van der Waals surface area contributed by atoms with E-state index in [9.17, 15) is 29.3 Å². The molecule has 39 heavy (non-hydrogen) atoms. The molecule has 10 nitrogen and oxygen atoms in total. The molecule has 3 rings (SSSR count). The monoisotopic (exact) mass is 556 g/mol. The van der Waals surface area contributed by atoms with Crippen molar-refractivity contribution in [1.82, 2.24) is 4.90 Å². The van der Waals surface area contributed by atoms with Gasteiger partial charge in [-0.1, -0.05) is 42.1 Å². The summed E-state index contributed by atoms with van der Waals surface area (Å²) in [5.41, 5.74) is 0.932. The minimum absolute atomic E-state index is 0.0949. The number of hydrogen-bond donors (Lipinski definition) is 0. The van der Waals surface area contributed by atoms with E-state index in [1.807, 2.05) is 20.8 Å². The number of ketones is 1. The summed E-state index contributed by atoms with van der Waals surface area (Å²) in [6.07, 6.45) is -0.200. The van der Waals surface area contributed by atoms with Gasteiger partial charge < -0.3 is 9.22 Å². The fourth-order valence-electron chi connectivity index (χ4n) is 4.88. The summed E-state index contributed by atoms with van der Waals surface area (Å²) in [7, 11) is 0. The van der Waals surface area contributed by atoms with Gasteiger partial charge in [0.25, 0.3) is 5.69 Å². The van der Waals surface area contributed by atoms with Crippen molar-refractivity contribution >= 4 is 40.2 Å². The Morgan fingerprint density at radius 1 is 1.05 bits per heavy atom. The fraction of sp³-hybridized carbons (Fsp3) is 0.429. The number of hydrogen-bond acceptors (Lipinski definition) is 8. The lowest BCUT2D eigenvalue weighted by molar-refractivity contribution is -0.959. The summed E-state index contributed by atoms with van der Waals surface area (Å²) in [6, 6.07) is 12.8. The Morgan fingerprint density at radius 3 is 2.21 bits per heavy atom. The Kier molecular flexibility index (Phi) is 10.4. The van der Waals surface area contributed by atoms with Crippen molar-refractivity contribution in [2.24, 2.45) is 0 Å². The van der Waals surface area contributed by atoms with Crippen LogP contribution in [0.4, 0.5) is 5.69 Å². The van der Waals surface area contributed by atoms with Crippen LogP contribution in [0.3, 0.4) is 0 Å². The highest BCUT2D eigenvalue weighted by atomic mass is 32.2. The number of nitrogens with zero attached hydrogens (tertiary/aromatic N) is 3. The molecule has 0 radical (unpaired) electrons. The standard InChI is InChI=1S/C28H34N3O7S/c1-4-31(5-2,6-3)24-18-25(33)29(24)26(23(32)16-17-39-28(35)21-10-8-7-9-11-21)27(34)38-19-20-12-14-22(15-13-20)30(36)37/h7-15,24,26H,4-6,16-19H2,1-3H3/q+1. The van der Waals surface area contributed by atoms with Crippen molar-refractivity contribution in [2.45, 2.75) is 52.4 Å². The van der Waals surface area contributed by atoms with Crippen molar-refractivity contribution in [3.05, 3.63) is 75.8 Å². The highest BCUT2D eigenvalue weighted by molar-refractivity contribution is 8.14. The molecule has 11 heteroatoms. The van der Waals surface area contributed by atoms with E-state index in [0.29, 0.717) is 15.6 Å². The number of benzene rings is 2. The SMILES string of the molecule is CC[N+](CC)(CC)C1CC(=O)N1C(C(=O)CCSC(=O)c1ccccc1)C(=O)OCc1ccc([N+](=O)[O-])cc1. The maximum Gasteiger partial charge on any atom is 0.337 e. The van der Waals surface area contributed by atoms with Gasteiger partial charge >= 0.3 is 5.97 Å². The predicted octanol–water partition coefficient (Wildman–Crippen LogP) is 3.97. The second kappa shape index (κ2) is 13.5. The largest absolute Gasteiger partial charge is 0.459 e. The van der Waals surface area contributed by atoms with Gasteiger partial charge in [0, 0.05) is 29.9 Å². The zero-order valence-corrected chi connectivity index (χ0v) is 23.2. The van der Waals surface area contributed by atoms with E-state index in [-0.39, 0.29) is 48.1 Å². The van der Waals surface area contributed by atoms with Gasteiger partial charge in [-0.25, -0.2) is 4.79 Å². The van der Waals surface area contributed by atoms with Gasteiger partial charge in [-0.2, -0.15) is 0 Å². The molecule has 2 unspecified atom stereocenters. The van der Waals surface area contributed by atoms with Crippen molar-refractivity contribution in [2.75, 3.05) is 25.4 Å². The number of nitro benzene ring substituents is 1. The number of thioether (sulfide) groups is 1. The van der Waals surface area contributed by atoms with Crippen molar-refractivity contribution in [3.8, 4) is 0 Å². The summed E-state index contributed by atoms with van der Waals surface area (Å²) in [6.45, 7) is 8.02. The van der Waals surface area contributed by atoms with Crippen LogP contribution in [0.25, 0.3) is 0 Å². The van der Waals surface area contributed by atoms with Gasteiger partial charge in [0.2, 0.25) is 11.0 Å². The Balaban J connectivity index is 1.77. The van der Waals surface area contributed by atoms with Crippen LogP contribution in [0.15, 0.2) is 54.6 Å². The smallest absolute Gasteiger partial charge is 0.337 e. The van der Waals surface area contributed by atoms with E-state index in [0.717, 1.165) is 31.4 Å². The molecular weight excluding hydrogens is 522 g/mol. The molecule has 2 atom stereocenters. The Bertz CT molecular complexity index is 1190. The number of carbonyl (C=O) groups excluding carboxylic acids is 4. The quantitative estimate of drug-likeness (QED) is 0.0855. The van der Waals surface area contributed by atoms with Crippen LogP contribution >= 0.6 is 11.8 Å². The van der Waals surface area contributed by atoms with Gasteiger partial charge in [-0.3, -0.25) is 29.4 Å². The van der Waals surface area contributed by atoms with Crippen molar-refractivity contribution in [3.63, 3.8) is 0 Å². The molecule has 1 saturated heterocycles. The fourth-order valence-corrected chi connectivity index (χ4v) is 5.67. The summed E-state index contributed by atoms with van der Waals surface area (Å²) in [5.74, 6) is -1.48. The summed E-state index contributed by atoms with van der Waals surface area (Å²) < 4.78 is 6.02. The first-order valence-corrected chi connectivity index (χ1v) is 14.0. The number of rotatable bonds is 14. The second-order valence-electron chi connectivity index (χ2n) is 9.31. The normalized spacial score (nSPS) is 15.8. The van der Waals surface area contributed by atoms with Gasteiger partial charge in [0.05, 0.1) is 31.0 Å². The molecular formula is C28H34N3O7S+. The summed E-state index contributed by atoms with van der Waals surface area (Å²) in [5, 5.41) is 10.7. The first-order chi connectivity index (χ1) is 18.7. The van der Waals surface area contributed by atoms with E-state index < -0.39 is 22.7 Å². The molecule has 0 aliphatic carbocycles. The Morgan fingerprint density at radius 2 is 1.67 bits per heavy atom. The van der Waals surface area contributed by atoms with Gasteiger partial charge in [-0.15, -0.1) is 0 Å². The molecule has 1 amide bonds. The van der Waals surface area contributed by atoms with Crippen LogP contribution in [0.2, 0.25) is 0 Å². The van der Waals surface area contributed by atoms with Crippen molar-refractivity contribution < 1.29 is 33.3 Å². The summed E-state index contributed by atoms with van der Waals surface area (Å²) in [4.78, 5) is 63.9. The maximum absolute atomic E-state index is 13.4. The summed E-state index contributed by atoms with van der Waals surface area (Å²) >= 11 is 0.985. The third-order valence-corrected chi connectivity index (χ3v) is 8.32. The Hall–Kier alpha value is -3.57. The zero-order chi connectivity index (χ0) is 28.6. The number of ether oxygens (including phenoxy) is 1. The van der Waals surface area contributed by atoms with E-state index in [1.165, 1.54) is 29.2 Å². The molecule has 0 bridgehead atoms. The third kappa shape index (κ3) is 6.90. The molecule has 1 fully saturated rings. The number of nitro groups is 1. The molecule has 2 aromatic rings. The highest BCUT2D eigenvalue weighted by Crippen LogP contribution is 2.33. The lowest BCUT2D eigenvalue weighted by Crippen LogP contribution is -2.74. The molecule has 1 aliphatic heterocycles. The van der Waals surface area contributed by atoms with E-state index in [2.05, 4.69) is 0 Å². The van der Waals surface area contributed by atoms with Crippen molar-refractivity contribution in [1.29, 1.82) is 0 Å². The lowest BCUT2D eigenvalue weighted by Gasteiger charge is -2.53. The number of esters is 1. The van der Waals surface area contributed by atoms with Crippen LogP contribution in [0.5, 0.6) is 0 Å². The molecule has 0 aromatic heterocycles. The van der Waals surface area contributed by atoms with Gasteiger partial charge in [0.1, 0.15) is 6.61 Å². The van der Waals surface area contributed by atoms with Crippen LogP contribution in [-0.2, 0) is 25.7 Å². The van der Waals surface area contributed by atoms with Crippen LogP contribution in [0, 0.1) is 10.1 Å².